The quantitative estimate of drug-likeness (QED) is 0.364. The van der Waals surface area contributed by atoms with Crippen LogP contribution in [0.2, 0.25) is 0 Å². The van der Waals surface area contributed by atoms with Gasteiger partial charge in [0, 0.05) is 20.6 Å². The minimum Gasteiger partial charge on any atom is -0.330 e. The van der Waals surface area contributed by atoms with E-state index in [4.69, 9.17) is 0 Å². The predicted octanol–water partition coefficient (Wildman–Crippen LogP) is 1.80. The van der Waals surface area contributed by atoms with Crippen LogP contribution in [0.15, 0.2) is 35.9 Å². The first-order valence-corrected chi connectivity index (χ1v) is 6.26. The Labute approximate surface area is 118 Å². The monoisotopic (exact) mass is 274 g/mol. The number of aldehydes is 1. The van der Waals surface area contributed by atoms with Gasteiger partial charge >= 0.3 is 6.03 Å². The van der Waals surface area contributed by atoms with Crippen LogP contribution in [0.5, 0.6) is 0 Å². The molecule has 0 saturated carbocycles. The topological polar surface area (TPSA) is 57.7 Å². The molecule has 0 N–H and O–H groups in total. The summed E-state index contributed by atoms with van der Waals surface area (Å²) in [6, 6.07) is 8.57. The molecule has 0 aliphatic carbocycles. The van der Waals surface area contributed by atoms with Crippen LogP contribution < -0.4 is 0 Å². The van der Waals surface area contributed by atoms with Gasteiger partial charge < -0.3 is 4.90 Å². The Morgan fingerprint density at radius 1 is 1.15 bits per heavy atom. The van der Waals surface area contributed by atoms with E-state index in [0.717, 1.165) is 10.5 Å². The molecule has 0 spiro atoms. The van der Waals surface area contributed by atoms with E-state index in [1.54, 1.807) is 45.3 Å². The Balaban J connectivity index is 3.05. The van der Waals surface area contributed by atoms with Crippen LogP contribution in [0.3, 0.4) is 0 Å². The van der Waals surface area contributed by atoms with Gasteiger partial charge in [0.25, 0.3) is 5.91 Å². The second-order valence-electron chi connectivity index (χ2n) is 4.35. The molecule has 106 valence electrons. The molecule has 5 nitrogen and oxygen atoms in total. The van der Waals surface area contributed by atoms with Crippen molar-refractivity contribution in [1.82, 2.24) is 9.80 Å². The molecule has 1 aromatic carbocycles. The molecular weight excluding hydrogens is 256 g/mol. The number of rotatable bonds is 4. The third-order valence-corrected chi connectivity index (χ3v) is 2.67. The van der Waals surface area contributed by atoms with Gasteiger partial charge in [0.15, 0.2) is 6.29 Å². The number of carbonyl (C=O) groups excluding carboxylic acids is 3. The number of hydrogen-bond donors (Lipinski definition) is 0. The summed E-state index contributed by atoms with van der Waals surface area (Å²) in [5, 5.41) is 0. The molecule has 0 fully saturated rings. The summed E-state index contributed by atoms with van der Waals surface area (Å²) in [6.45, 7) is 1.89. The average Bonchev–Trinajstić information content (AvgIpc) is 2.46. The lowest BCUT2D eigenvalue weighted by atomic mass is 10.1. The summed E-state index contributed by atoms with van der Waals surface area (Å²) in [6.07, 6.45) is 1.95. The number of benzene rings is 1. The summed E-state index contributed by atoms with van der Waals surface area (Å²) in [4.78, 5) is 37.6. The Kier molecular flexibility index (Phi) is 5.65. The van der Waals surface area contributed by atoms with E-state index in [1.165, 1.54) is 11.0 Å². The van der Waals surface area contributed by atoms with Crippen LogP contribution in [-0.2, 0) is 9.59 Å². The van der Waals surface area contributed by atoms with Gasteiger partial charge in [-0.05, 0) is 18.6 Å². The third-order valence-electron chi connectivity index (χ3n) is 2.67. The second-order valence-corrected chi connectivity index (χ2v) is 4.35. The number of likely N-dealkylation sites (N-methyl/N-ethyl adjacent to an activating group) is 1. The summed E-state index contributed by atoms with van der Waals surface area (Å²) < 4.78 is 0. The predicted molar refractivity (Wildman–Crippen MR) is 77.0 cm³/mol. The van der Waals surface area contributed by atoms with E-state index in [1.807, 2.05) is 6.07 Å². The molecule has 20 heavy (non-hydrogen) atoms. The number of urea groups is 1. The highest BCUT2D eigenvalue weighted by molar-refractivity contribution is 6.18. The van der Waals surface area contributed by atoms with Crippen LogP contribution in [-0.4, -0.2) is 48.7 Å². The van der Waals surface area contributed by atoms with Gasteiger partial charge in [-0.1, -0.05) is 30.3 Å². The number of carbonyl (C=O) groups is 3. The lowest BCUT2D eigenvalue weighted by Gasteiger charge is -2.22. The molecule has 3 amide bonds. The van der Waals surface area contributed by atoms with Gasteiger partial charge in [-0.15, -0.1) is 0 Å². The zero-order valence-corrected chi connectivity index (χ0v) is 11.9. The van der Waals surface area contributed by atoms with Crippen molar-refractivity contribution in [3.8, 4) is 0 Å². The first-order valence-electron chi connectivity index (χ1n) is 6.26. The maximum Gasteiger partial charge on any atom is 0.326 e. The Morgan fingerprint density at radius 3 is 2.20 bits per heavy atom. The highest BCUT2D eigenvalue weighted by atomic mass is 16.2. The Bertz CT molecular complexity index is 521. The lowest BCUT2D eigenvalue weighted by Crippen LogP contribution is -2.43. The highest BCUT2D eigenvalue weighted by Gasteiger charge is 2.24. The van der Waals surface area contributed by atoms with E-state index >= 15 is 0 Å². The number of nitrogens with zero attached hydrogens (tertiary/aromatic N) is 2. The lowest BCUT2D eigenvalue weighted by molar-refractivity contribution is -0.125. The molecule has 0 radical (unpaired) electrons. The maximum absolute atomic E-state index is 12.2. The minimum atomic E-state index is -0.593. The number of amides is 3. The van der Waals surface area contributed by atoms with Crippen molar-refractivity contribution in [3.63, 3.8) is 0 Å². The summed E-state index contributed by atoms with van der Waals surface area (Å²) in [7, 11) is 3.11. The highest BCUT2D eigenvalue weighted by Crippen LogP contribution is 2.09. The molecule has 0 unspecified atom stereocenters. The first-order chi connectivity index (χ1) is 9.51. The number of imide groups is 1. The number of hydrogen-bond acceptors (Lipinski definition) is 3. The molecule has 5 heteroatoms. The van der Waals surface area contributed by atoms with Crippen molar-refractivity contribution in [2.75, 3.05) is 20.6 Å². The van der Waals surface area contributed by atoms with E-state index in [9.17, 15) is 14.4 Å². The van der Waals surface area contributed by atoms with E-state index < -0.39 is 11.9 Å². The van der Waals surface area contributed by atoms with Gasteiger partial charge in [-0.3, -0.25) is 14.5 Å². The van der Waals surface area contributed by atoms with Crippen molar-refractivity contribution >= 4 is 24.3 Å². The van der Waals surface area contributed by atoms with Crippen molar-refractivity contribution in [2.45, 2.75) is 6.92 Å². The fourth-order valence-corrected chi connectivity index (χ4v) is 1.64. The van der Waals surface area contributed by atoms with Crippen molar-refractivity contribution in [3.05, 3.63) is 41.5 Å². The van der Waals surface area contributed by atoms with E-state index in [0.29, 0.717) is 6.29 Å². The molecule has 0 aliphatic rings. The fraction of sp³-hybridized carbons (Fsp3) is 0.267. The van der Waals surface area contributed by atoms with E-state index in [-0.39, 0.29) is 12.1 Å². The zero-order valence-electron chi connectivity index (χ0n) is 11.9. The molecule has 0 aliphatic heterocycles. The summed E-state index contributed by atoms with van der Waals surface area (Å²) >= 11 is 0. The van der Waals surface area contributed by atoms with Crippen LogP contribution in [0, 0.1) is 0 Å². The molecule has 0 bridgehead atoms. The van der Waals surface area contributed by atoms with Crippen molar-refractivity contribution in [2.24, 2.45) is 0 Å². The zero-order chi connectivity index (χ0) is 15.1. The molecule has 0 aromatic heterocycles. The molecule has 0 atom stereocenters. The smallest absolute Gasteiger partial charge is 0.326 e. The van der Waals surface area contributed by atoms with Crippen molar-refractivity contribution < 1.29 is 14.4 Å². The molecule has 0 heterocycles. The Morgan fingerprint density at radius 2 is 1.75 bits per heavy atom. The molecule has 1 rings (SSSR count). The molecular formula is C15H18N2O3. The van der Waals surface area contributed by atoms with Crippen LogP contribution in [0.25, 0.3) is 6.08 Å². The maximum atomic E-state index is 12.2. The van der Waals surface area contributed by atoms with E-state index in [2.05, 4.69) is 0 Å². The third kappa shape index (κ3) is 3.78. The van der Waals surface area contributed by atoms with Crippen LogP contribution >= 0.6 is 0 Å². The summed E-state index contributed by atoms with van der Waals surface area (Å²) in [5.74, 6) is -0.593. The molecule has 1 aromatic rings. The largest absolute Gasteiger partial charge is 0.330 e. The van der Waals surface area contributed by atoms with Crippen molar-refractivity contribution in [1.29, 1.82) is 0 Å². The van der Waals surface area contributed by atoms with Gasteiger partial charge in [-0.25, -0.2) is 4.79 Å². The minimum absolute atomic E-state index is 0.0479. The molecule has 0 saturated heterocycles. The second kappa shape index (κ2) is 7.23. The SMILES string of the molecule is CCN(C(=O)C(C=O)=Cc1ccccc1)C(=O)N(C)C. The standard InChI is InChI=1S/C15H18N2O3/c1-4-17(15(20)16(2)3)14(19)13(11-18)10-12-8-6-5-7-9-12/h5-11H,4H2,1-3H3. The van der Waals surface area contributed by atoms with Gasteiger partial charge in [-0.2, -0.15) is 0 Å². The summed E-state index contributed by atoms with van der Waals surface area (Å²) in [5.41, 5.74) is 0.685. The first kappa shape index (κ1) is 15.6. The van der Waals surface area contributed by atoms with Gasteiger partial charge in [0.2, 0.25) is 0 Å². The Hall–Kier alpha value is -2.43. The van der Waals surface area contributed by atoms with Crippen LogP contribution in [0.1, 0.15) is 12.5 Å². The fourth-order valence-electron chi connectivity index (χ4n) is 1.64. The normalized spacial score (nSPS) is 10.8. The van der Waals surface area contributed by atoms with Gasteiger partial charge in [0.05, 0.1) is 5.57 Å². The average molecular weight is 274 g/mol. The van der Waals surface area contributed by atoms with Gasteiger partial charge in [0.1, 0.15) is 0 Å². The van der Waals surface area contributed by atoms with Crippen LogP contribution in [0.4, 0.5) is 4.79 Å².